The minimum absolute atomic E-state index is 0.301. The van der Waals surface area contributed by atoms with Crippen LogP contribution in [0.1, 0.15) is 31.9 Å². The Labute approximate surface area is 99.8 Å². The molecule has 1 unspecified atom stereocenters. The van der Waals surface area contributed by atoms with Crippen LogP contribution in [0.15, 0.2) is 28.7 Å². The van der Waals surface area contributed by atoms with Gasteiger partial charge < -0.3 is 10.4 Å². The van der Waals surface area contributed by atoms with Crippen LogP contribution in [-0.2, 0) is 0 Å². The minimum atomic E-state index is -0.304. The maximum absolute atomic E-state index is 9.24. The molecule has 0 amide bonds. The molecule has 0 heterocycles. The largest absolute Gasteiger partial charge is 0.392 e. The van der Waals surface area contributed by atoms with E-state index in [2.05, 4.69) is 34.2 Å². The fraction of sp³-hybridized carbons (Fsp3) is 0.500. The topological polar surface area (TPSA) is 32.3 Å². The van der Waals surface area contributed by atoms with Gasteiger partial charge in [0.25, 0.3) is 0 Å². The van der Waals surface area contributed by atoms with Crippen molar-refractivity contribution < 1.29 is 5.11 Å². The van der Waals surface area contributed by atoms with Crippen molar-refractivity contribution in [1.29, 1.82) is 0 Å². The van der Waals surface area contributed by atoms with Crippen LogP contribution in [-0.4, -0.2) is 17.8 Å². The molecule has 0 saturated carbocycles. The van der Waals surface area contributed by atoms with Crippen molar-refractivity contribution >= 4 is 15.9 Å². The van der Waals surface area contributed by atoms with Crippen molar-refractivity contribution in [2.24, 2.45) is 0 Å². The number of nitrogens with one attached hydrogen (secondary N) is 1. The van der Waals surface area contributed by atoms with Crippen LogP contribution >= 0.6 is 15.9 Å². The quantitative estimate of drug-likeness (QED) is 0.863. The Hall–Kier alpha value is -0.380. The average Bonchev–Trinajstić information content (AvgIpc) is 2.21. The lowest BCUT2D eigenvalue weighted by atomic mass is 10.0. The average molecular weight is 272 g/mol. The van der Waals surface area contributed by atoms with Gasteiger partial charge >= 0.3 is 0 Å². The summed E-state index contributed by atoms with van der Waals surface area (Å²) in [7, 11) is 0. The van der Waals surface area contributed by atoms with Crippen molar-refractivity contribution in [2.75, 3.05) is 6.54 Å². The molecular weight excluding hydrogens is 254 g/mol. The smallest absolute Gasteiger partial charge is 0.0636 e. The summed E-state index contributed by atoms with van der Waals surface area (Å²) in [6.45, 7) is 4.55. The van der Waals surface area contributed by atoms with Gasteiger partial charge in [-0.2, -0.15) is 0 Å². The number of hydrogen-bond acceptors (Lipinski definition) is 2. The number of hydrogen-bond donors (Lipinski definition) is 2. The van der Waals surface area contributed by atoms with Crippen LogP contribution in [0, 0.1) is 0 Å². The van der Waals surface area contributed by atoms with Crippen molar-refractivity contribution in [3.63, 3.8) is 0 Å². The molecule has 84 valence electrons. The van der Waals surface area contributed by atoms with E-state index >= 15 is 0 Å². The van der Waals surface area contributed by atoms with Crippen LogP contribution in [0.5, 0.6) is 0 Å². The summed E-state index contributed by atoms with van der Waals surface area (Å²) in [5.41, 5.74) is 1.25. The Morgan fingerprint density at radius 2 is 2.07 bits per heavy atom. The fourth-order valence-electron chi connectivity index (χ4n) is 1.54. The lowest BCUT2D eigenvalue weighted by molar-refractivity contribution is 0.185. The molecule has 0 radical (unpaired) electrons. The zero-order valence-corrected chi connectivity index (χ0v) is 10.8. The molecule has 2 nitrogen and oxygen atoms in total. The lowest BCUT2D eigenvalue weighted by Crippen LogP contribution is -2.28. The molecule has 1 aromatic carbocycles. The van der Waals surface area contributed by atoms with Crippen molar-refractivity contribution in [2.45, 2.75) is 32.4 Å². The van der Waals surface area contributed by atoms with E-state index in [9.17, 15) is 5.11 Å². The summed E-state index contributed by atoms with van der Waals surface area (Å²) in [5.74, 6) is 0. The monoisotopic (exact) mass is 271 g/mol. The molecule has 0 aliphatic carbocycles. The van der Waals surface area contributed by atoms with E-state index in [4.69, 9.17) is 0 Å². The molecule has 0 aromatic heterocycles. The normalized spacial score (nSPS) is 14.9. The molecule has 0 aliphatic heterocycles. The molecule has 2 N–H and O–H groups in total. The Bertz CT molecular complexity index is 301. The molecule has 0 bridgehead atoms. The third kappa shape index (κ3) is 3.93. The Morgan fingerprint density at radius 3 is 2.60 bits per heavy atom. The highest BCUT2D eigenvalue weighted by Gasteiger charge is 2.11. The maximum atomic E-state index is 9.24. The van der Waals surface area contributed by atoms with Gasteiger partial charge in [0.05, 0.1) is 6.10 Å². The molecule has 0 spiro atoms. The summed E-state index contributed by atoms with van der Waals surface area (Å²) in [4.78, 5) is 0. The van der Waals surface area contributed by atoms with E-state index in [1.807, 2.05) is 18.2 Å². The van der Waals surface area contributed by atoms with Gasteiger partial charge in [0.15, 0.2) is 0 Å². The SMILES string of the molecule is CCC(NC[C@H](C)O)c1ccccc1Br. The molecule has 0 aliphatic rings. The van der Waals surface area contributed by atoms with Crippen molar-refractivity contribution in [3.05, 3.63) is 34.3 Å². The van der Waals surface area contributed by atoms with E-state index in [1.165, 1.54) is 5.56 Å². The summed E-state index contributed by atoms with van der Waals surface area (Å²) in [6.07, 6.45) is 0.705. The Balaban J connectivity index is 2.70. The molecule has 3 heteroatoms. The second-order valence-electron chi connectivity index (χ2n) is 3.74. The van der Waals surface area contributed by atoms with Gasteiger partial charge in [0.2, 0.25) is 0 Å². The zero-order chi connectivity index (χ0) is 11.3. The third-order valence-corrected chi connectivity index (χ3v) is 3.07. The van der Waals surface area contributed by atoms with Crippen molar-refractivity contribution in [3.8, 4) is 0 Å². The van der Waals surface area contributed by atoms with Gasteiger partial charge in [-0.1, -0.05) is 41.1 Å². The van der Waals surface area contributed by atoms with Gasteiger partial charge in [-0.15, -0.1) is 0 Å². The van der Waals surface area contributed by atoms with E-state index in [-0.39, 0.29) is 6.10 Å². The maximum Gasteiger partial charge on any atom is 0.0636 e. The summed E-state index contributed by atoms with van der Waals surface area (Å²) in [6, 6.07) is 8.49. The second kappa shape index (κ2) is 6.26. The molecule has 1 rings (SSSR count). The van der Waals surface area contributed by atoms with E-state index in [0.29, 0.717) is 12.6 Å². The standard InChI is InChI=1S/C12H18BrNO/c1-3-12(14-8-9(2)15)10-6-4-5-7-11(10)13/h4-7,9,12,14-15H,3,8H2,1-2H3/t9-,12?/m0/s1. The molecule has 2 atom stereocenters. The number of aliphatic hydroxyl groups is 1. The molecule has 1 aromatic rings. The van der Waals surface area contributed by atoms with Gasteiger partial charge in [-0.25, -0.2) is 0 Å². The molecular formula is C12H18BrNO. The van der Waals surface area contributed by atoms with Crippen LogP contribution in [0.25, 0.3) is 0 Å². The molecule has 15 heavy (non-hydrogen) atoms. The van der Waals surface area contributed by atoms with Gasteiger partial charge in [0, 0.05) is 17.1 Å². The lowest BCUT2D eigenvalue weighted by Gasteiger charge is -2.19. The van der Waals surface area contributed by atoms with E-state index < -0.39 is 0 Å². The highest BCUT2D eigenvalue weighted by atomic mass is 79.9. The second-order valence-corrected chi connectivity index (χ2v) is 4.59. The first-order chi connectivity index (χ1) is 7.15. The van der Waals surface area contributed by atoms with Gasteiger partial charge in [-0.05, 0) is 25.0 Å². The number of aliphatic hydroxyl groups excluding tert-OH is 1. The van der Waals surface area contributed by atoms with Crippen LogP contribution < -0.4 is 5.32 Å². The van der Waals surface area contributed by atoms with Crippen LogP contribution in [0.3, 0.4) is 0 Å². The molecule has 0 fully saturated rings. The zero-order valence-electron chi connectivity index (χ0n) is 9.20. The van der Waals surface area contributed by atoms with Gasteiger partial charge in [-0.3, -0.25) is 0 Å². The first-order valence-electron chi connectivity index (χ1n) is 5.31. The van der Waals surface area contributed by atoms with Crippen LogP contribution in [0.2, 0.25) is 0 Å². The summed E-state index contributed by atoms with van der Waals surface area (Å²) >= 11 is 3.54. The molecule has 0 saturated heterocycles. The number of halogens is 1. The summed E-state index contributed by atoms with van der Waals surface area (Å²) < 4.78 is 1.12. The highest BCUT2D eigenvalue weighted by Crippen LogP contribution is 2.24. The highest BCUT2D eigenvalue weighted by molar-refractivity contribution is 9.10. The third-order valence-electron chi connectivity index (χ3n) is 2.35. The summed E-state index contributed by atoms with van der Waals surface area (Å²) in [5, 5.41) is 12.6. The number of rotatable bonds is 5. The van der Waals surface area contributed by atoms with E-state index in [1.54, 1.807) is 6.92 Å². The first-order valence-corrected chi connectivity index (χ1v) is 6.10. The predicted molar refractivity (Wildman–Crippen MR) is 66.9 cm³/mol. The van der Waals surface area contributed by atoms with Crippen molar-refractivity contribution in [1.82, 2.24) is 5.32 Å². The first kappa shape index (κ1) is 12.7. The van der Waals surface area contributed by atoms with Crippen LogP contribution in [0.4, 0.5) is 0 Å². The minimum Gasteiger partial charge on any atom is -0.392 e. The number of benzene rings is 1. The Morgan fingerprint density at radius 1 is 1.40 bits per heavy atom. The Kier molecular flexibility index (Phi) is 5.29. The fourth-order valence-corrected chi connectivity index (χ4v) is 2.11. The van der Waals surface area contributed by atoms with E-state index in [0.717, 1.165) is 10.9 Å². The van der Waals surface area contributed by atoms with Gasteiger partial charge in [0.1, 0.15) is 0 Å². The predicted octanol–water partition coefficient (Wildman–Crippen LogP) is 2.87.